The first kappa shape index (κ1) is 24.2. The summed E-state index contributed by atoms with van der Waals surface area (Å²) in [6.07, 6.45) is 0.906. The van der Waals surface area contributed by atoms with Crippen molar-refractivity contribution in [1.82, 2.24) is 9.80 Å². The van der Waals surface area contributed by atoms with Crippen LogP contribution in [0.2, 0.25) is 5.02 Å². The van der Waals surface area contributed by atoms with Gasteiger partial charge in [-0.25, -0.2) is 0 Å². The lowest BCUT2D eigenvalue weighted by Crippen LogP contribution is -2.68. The number of esters is 1. The SMILES string of the molecule is COC(=O)CCN(Cc1cccc(Cl)c1)C(=O)C1(C)CCN1C(=O)Cc1csc2ccccc12. The van der Waals surface area contributed by atoms with E-state index in [-0.39, 0.29) is 37.2 Å². The van der Waals surface area contributed by atoms with Crippen LogP contribution in [0.4, 0.5) is 0 Å². The lowest BCUT2D eigenvalue weighted by molar-refractivity contribution is -0.164. The van der Waals surface area contributed by atoms with Crippen molar-refractivity contribution in [2.45, 2.75) is 38.3 Å². The van der Waals surface area contributed by atoms with Gasteiger partial charge in [0.05, 0.1) is 20.0 Å². The molecule has 0 radical (unpaired) electrons. The van der Waals surface area contributed by atoms with E-state index >= 15 is 0 Å². The van der Waals surface area contributed by atoms with Gasteiger partial charge in [-0.3, -0.25) is 14.4 Å². The van der Waals surface area contributed by atoms with E-state index in [2.05, 4.69) is 0 Å². The maximum absolute atomic E-state index is 13.7. The minimum absolute atomic E-state index is 0.0682. The summed E-state index contributed by atoms with van der Waals surface area (Å²) >= 11 is 7.75. The summed E-state index contributed by atoms with van der Waals surface area (Å²) in [5.41, 5.74) is 0.891. The molecule has 2 heterocycles. The van der Waals surface area contributed by atoms with Crippen LogP contribution in [0, 0.1) is 0 Å². The van der Waals surface area contributed by atoms with Gasteiger partial charge in [-0.15, -0.1) is 11.3 Å². The fraction of sp³-hybridized carbons (Fsp3) is 0.346. The fourth-order valence-electron chi connectivity index (χ4n) is 4.39. The number of hydrogen-bond acceptors (Lipinski definition) is 5. The van der Waals surface area contributed by atoms with E-state index in [1.807, 2.05) is 48.7 Å². The third-order valence-electron chi connectivity index (χ3n) is 6.45. The Hall–Kier alpha value is -2.90. The number of benzene rings is 2. The van der Waals surface area contributed by atoms with Gasteiger partial charge in [0.25, 0.3) is 0 Å². The molecule has 0 spiro atoms. The minimum Gasteiger partial charge on any atom is -0.469 e. The number of likely N-dealkylation sites (tertiary alicyclic amines) is 1. The van der Waals surface area contributed by atoms with Crippen molar-refractivity contribution >= 4 is 50.8 Å². The van der Waals surface area contributed by atoms with Crippen molar-refractivity contribution in [1.29, 1.82) is 0 Å². The lowest BCUT2D eigenvalue weighted by Gasteiger charge is -2.51. The molecule has 1 atom stereocenters. The highest BCUT2D eigenvalue weighted by molar-refractivity contribution is 7.17. The zero-order valence-electron chi connectivity index (χ0n) is 19.3. The van der Waals surface area contributed by atoms with Crippen LogP contribution in [0.15, 0.2) is 53.9 Å². The molecule has 1 unspecified atom stereocenters. The van der Waals surface area contributed by atoms with E-state index in [1.165, 1.54) is 7.11 Å². The topological polar surface area (TPSA) is 66.9 Å². The molecule has 34 heavy (non-hydrogen) atoms. The minimum atomic E-state index is -0.947. The van der Waals surface area contributed by atoms with Gasteiger partial charge in [0.1, 0.15) is 5.54 Å². The van der Waals surface area contributed by atoms with Crippen molar-refractivity contribution in [2.24, 2.45) is 0 Å². The number of thiophene rings is 1. The first-order chi connectivity index (χ1) is 16.3. The molecule has 0 N–H and O–H groups in total. The molecule has 1 saturated heterocycles. The molecule has 178 valence electrons. The molecule has 1 fully saturated rings. The molecule has 0 bridgehead atoms. The van der Waals surface area contributed by atoms with Crippen LogP contribution in [-0.4, -0.2) is 53.3 Å². The highest BCUT2D eigenvalue weighted by atomic mass is 35.5. The Balaban J connectivity index is 1.52. The van der Waals surface area contributed by atoms with Crippen LogP contribution in [0.1, 0.15) is 30.9 Å². The maximum Gasteiger partial charge on any atom is 0.307 e. The molecule has 1 aliphatic rings. The number of methoxy groups -OCH3 is 1. The first-order valence-electron chi connectivity index (χ1n) is 11.2. The molecular formula is C26H27ClN2O4S. The van der Waals surface area contributed by atoms with Gasteiger partial charge >= 0.3 is 5.97 Å². The van der Waals surface area contributed by atoms with E-state index in [1.54, 1.807) is 33.3 Å². The van der Waals surface area contributed by atoms with Crippen molar-refractivity contribution in [3.63, 3.8) is 0 Å². The standard InChI is InChI=1S/C26H27ClN2O4S/c1-26(11-13-29(26)23(30)15-19-17-34-22-9-4-3-8-21(19)22)25(32)28(12-10-24(31)33-2)16-18-6-5-7-20(27)14-18/h3-9,14,17H,10-13,15-16H2,1-2H3. The summed E-state index contributed by atoms with van der Waals surface area (Å²) in [5, 5.41) is 3.67. The second-order valence-corrected chi connectivity index (χ2v) is 10.0. The van der Waals surface area contributed by atoms with Gasteiger partial charge in [0.2, 0.25) is 11.8 Å². The predicted molar refractivity (Wildman–Crippen MR) is 134 cm³/mol. The molecule has 2 aromatic carbocycles. The Morgan fingerprint density at radius 3 is 2.68 bits per heavy atom. The summed E-state index contributed by atoms with van der Waals surface area (Å²) in [5.74, 6) is -0.632. The monoisotopic (exact) mass is 498 g/mol. The smallest absolute Gasteiger partial charge is 0.307 e. The highest BCUT2D eigenvalue weighted by Gasteiger charge is 2.50. The Morgan fingerprint density at radius 1 is 1.18 bits per heavy atom. The Bertz CT molecular complexity index is 1230. The van der Waals surface area contributed by atoms with Gasteiger partial charge in [-0.2, -0.15) is 0 Å². The Morgan fingerprint density at radius 2 is 1.97 bits per heavy atom. The molecule has 0 saturated carbocycles. The molecule has 2 amide bonds. The van der Waals surface area contributed by atoms with Gasteiger partial charge in [0.15, 0.2) is 0 Å². The molecule has 3 aromatic rings. The molecule has 1 aliphatic heterocycles. The number of rotatable bonds is 8. The summed E-state index contributed by atoms with van der Waals surface area (Å²) in [7, 11) is 1.33. The quantitative estimate of drug-likeness (QED) is 0.423. The van der Waals surface area contributed by atoms with Crippen LogP contribution in [-0.2, 0) is 32.1 Å². The number of ether oxygens (including phenoxy) is 1. The van der Waals surface area contributed by atoms with Crippen LogP contribution < -0.4 is 0 Å². The van der Waals surface area contributed by atoms with Gasteiger partial charge in [-0.05, 0) is 53.4 Å². The van der Waals surface area contributed by atoms with E-state index < -0.39 is 5.54 Å². The van der Waals surface area contributed by atoms with E-state index in [0.29, 0.717) is 24.5 Å². The molecular weight excluding hydrogens is 472 g/mol. The average Bonchev–Trinajstić information content (AvgIpc) is 3.22. The number of carbonyl (C=O) groups excluding carboxylic acids is 3. The van der Waals surface area contributed by atoms with Gasteiger partial charge in [-0.1, -0.05) is 41.9 Å². The molecule has 0 aliphatic carbocycles. The summed E-state index contributed by atoms with van der Waals surface area (Å²) < 4.78 is 5.91. The number of hydrogen-bond donors (Lipinski definition) is 0. The summed E-state index contributed by atoms with van der Waals surface area (Å²) in [4.78, 5) is 42.1. The number of nitrogens with zero attached hydrogens (tertiary/aromatic N) is 2. The van der Waals surface area contributed by atoms with Crippen LogP contribution in [0.5, 0.6) is 0 Å². The lowest BCUT2D eigenvalue weighted by atomic mass is 9.84. The highest BCUT2D eigenvalue weighted by Crippen LogP contribution is 2.35. The Kier molecular flexibility index (Phi) is 7.24. The van der Waals surface area contributed by atoms with Crippen molar-refractivity contribution in [3.05, 3.63) is 70.1 Å². The number of fused-ring (bicyclic) bond motifs is 1. The predicted octanol–water partition coefficient (Wildman–Crippen LogP) is 4.68. The molecule has 8 heteroatoms. The van der Waals surface area contributed by atoms with Gasteiger partial charge < -0.3 is 14.5 Å². The number of halogens is 1. The molecule has 1 aromatic heterocycles. The first-order valence-corrected chi connectivity index (χ1v) is 12.4. The maximum atomic E-state index is 13.7. The fourth-order valence-corrected chi connectivity index (χ4v) is 5.56. The van der Waals surface area contributed by atoms with Gasteiger partial charge in [0, 0.05) is 29.4 Å². The normalized spacial score (nSPS) is 17.3. The second-order valence-electron chi connectivity index (χ2n) is 8.69. The number of amides is 2. The number of carbonyl (C=O) groups is 3. The third-order valence-corrected chi connectivity index (χ3v) is 7.69. The van der Waals surface area contributed by atoms with Crippen LogP contribution >= 0.6 is 22.9 Å². The van der Waals surface area contributed by atoms with Crippen molar-refractivity contribution in [2.75, 3.05) is 20.2 Å². The van der Waals surface area contributed by atoms with E-state index in [4.69, 9.17) is 16.3 Å². The van der Waals surface area contributed by atoms with Crippen LogP contribution in [0.3, 0.4) is 0 Å². The largest absolute Gasteiger partial charge is 0.469 e. The van der Waals surface area contributed by atoms with Crippen molar-refractivity contribution < 1.29 is 19.1 Å². The van der Waals surface area contributed by atoms with Crippen LogP contribution in [0.25, 0.3) is 10.1 Å². The zero-order chi connectivity index (χ0) is 24.3. The summed E-state index contributed by atoms with van der Waals surface area (Å²) in [6, 6.07) is 15.3. The third kappa shape index (κ3) is 4.95. The average molecular weight is 499 g/mol. The van der Waals surface area contributed by atoms with Crippen molar-refractivity contribution in [3.8, 4) is 0 Å². The summed E-state index contributed by atoms with van der Waals surface area (Å²) in [6.45, 7) is 2.84. The zero-order valence-corrected chi connectivity index (χ0v) is 20.8. The van der Waals surface area contributed by atoms with E-state index in [0.717, 1.165) is 21.2 Å². The Labute approximate surface area is 208 Å². The molecule has 6 nitrogen and oxygen atoms in total. The second kappa shape index (κ2) is 10.2. The van der Waals surface area contributed by atoms with E-state index in [9.17, 15) is 14.4 Å². The molecule has 4 rings (SSSR count).